The first-order valence-electron chi connectivity index (χ1n) is 8.77. The lowest BCUT2D eigenvalue weighted by Gasteiger charge is -2.28. The van der Waals surface area contributed by atoms with Gasteiger partial charge in [-0.05, 0) is 55.7 Å². The molecule has 5 atom stereocenters. The average molecular weight is 397 g/mol. The van der Waals surface area contributed by atoms with E-state index in [0.29, 0.717) is 11.8 Å². The number of nitrogens with zero attached hydrogens (tertiary/aromatic N) is 2. The first-order chi connectivity index (χ1) is 11.6. The molecule has 1 amide bonds. The lowest BCUT2D eigenvalue weighted by Crippen LogP contribution is -2.45. The molecular formula is C19H26Cl2N4O. The molecule has 1 heterocycles. The summed E-state index contributed by atoms with van der Waals surface area (Å²) in [6.07, 6.45) is 8.92. The number of nitrogens with one attached hydrogen (secondary N) is 1. The average Bonchev–Trinajstić information content (AvgIpc) is 3.32. The third kappa shape index (κ3) is 3.75. The fourth-order valence-corrected chi connectivity index (χ4v) is 4.48. The number of amides is 1. The highest BCUT2D eigenvalue weighted by atomic mass is 35.5. The molecule has 2 fully saturated rings. The second-order valence-electron chi connectivity index (χ2n) is 7.23. The second-order valence-corrected chi connectivity index (χ2v) is 7.23. The molecule has 5 unspecified atom stereocenters. The molecule has 7 heteroatoms. The van der Waals surface area contributed by atoms with Crippen molar-refractivity contribution in [1.82, 2.24) is 14.9 Å². The molecule has 5 nitrogen and oxygen atoms in total. The van der Waals surface area contributed by atoms with E-state index in [4.69, 9.17) is 5.73 Å². The number of carbonyl (C=O) groups is 1. The van der Waals surface area contributed by atoms with Crippen LogP contribution in [0, 0.1) is 17.8 Å². The Kier molecular flexibility index (Phi) is 6.72. The zero-order valence-corrected chi connectivity index (χ0v) is 16.4. The lowest BCUT2D eigenvalue weighted by atomic mass is 9.84. The van der Waals surface area contributed by atoms with Crippen LogP contribution in [0.5, 0.6) is 0 Å². The molecule has 2 aliphatic carbocycles. The molecule has 1 aromatic heterocycles. The van der Waals surface area contributed by atoms with Crippen molar-refractivity contribution in [2.75, 3.05) is 0 Å². The van der Waals surface area contributed by atoms with Gasteiger partial charge in [-0.25, -0.2) is 4.98 Å². The first-order valence-corrected chi connectivity index (χ1v) is 8.77. The minimum Gasteiger partial charge on any atom is -0.349 e. The van der Waals surface area contributed by atoms with Crippen LogP contribution in [0.4, 0.5) is 0 Å². The monoisotopic (exact) mass is 396 g/mol. The van der Waals surface area contributed by atoms with Crippen molar-refractivity contribution in [3.05, 3.63) is 48.5 Å². The topological polar surface area (TPSA) is 72.9 Å². The smallest absolute Gasteiger partial charge is 0.225 e. The number of hydrogen-bond donors (Lipinski definition) is 2. The molecular weight excluding hydrogens is 371 g/mol. The highest BCUT2D eigenvalue weighted by molar-refractivity contribution is 5.85. The van der Waals surface area contributed by atoms with Crippen LogP contribution < -0.4 is 11.1 Å². The molecule has 142 valence electrons. The zero-order chi connectivity index (χ0) is 16.7. The van der Waals surface area contributed by atoms with Gasteiger partial charge >= 0.3 is 0 Å². The summed E-state index contributed by atoms with van der Waals surface area (Å²) >= 11 is 0. The largest absolute Gasteiger partial charge is 0.349 e. The molecule has 0 aliphatic heterocycles. The number of nitrogens with two attached hydrogens (primary N) is 1. The van der Waals surface area contributed by atoms with Crippen molar-refractivity contribution in [3.63, 3.8) is 0 Å². The molecule has 4 rings (SSSR count). The Morgan fingerprint density at radius 2 is 2.08 bits per heavy atom. The summed E-state index contributed by atoms with van der Waals surface area (Å²) in [5, 5.41) is 3.18. The zero-order valence-electron chi connectivity index (χ0n) is 14.7. The highest BCUT2D eigenvalue weighted by Gasteiger charge is 2.49. The van der Waals surface area contributed by atoms with Gasteiger partial charge in [0.15, 0.2) is 0 Å². The molecule has 3 N–H and O–H groups in total. The summed E-state index contributed by atoms with van der Waals surface area (Å²) in [6.45, 7) is 2.03. The summed E-state index contributed by atoms with van der Waals surface area (Å²) in [5.74, 6) is 1.14. The van der Waals surface area contributed by atoms with Crippen LogP contribution in [0.25, 0.3) is 5.69 Å². The van der Waals surface area contributed by atoms with Crippen LogP contribution >= 0.6 is 24.8 Å². The maximum absolute atomic E-state index is 12.7. The predicted octanol–water partition coefficient (Wildman–Crippen LogP) is 3.27. The number of hydrogen-bond acceptors (Lipinski definition) is 3. The summed E-state index contributed by atoms with van der Waals surface area (Å²) in [7, 11) is 0. The van der Waals surface area contributed by atoms with Crippen LogP contribution in [0.3, 0.4) is 0 Å². The standard InChI is InChI=1S/C19H24N4O.2ClH/c1-12(13-3-2-4-16(10-13)23-8-7-21-11-23)22-19(24)17-14-5-6-15(9-14)18(17)20;;/h2-4,7-8,10-12,14-15,17-18H,5-6,9,20H2,1H3,(H,22,24);2*1H. The number of rotatable bonds is 4. The van der Waals surface area contributed by atoms with E-state index in [1.807, 2.05) is 35.9 Å². The molecule has 2 aliphatic rings. The maximum atomic E-state index is 12.7. The van der Waals surface area contributed by atoms with Gasteiger partial charge in [0.2, 0.25) is 5.91 Å². The highest BCUT2D eigenvalue weighted by Crippen LogP contribution is 2.47. The summed E-state index contributed by atoms with van der Waals surface area (Å²) in [4.78, 5) is 16.8. The minimum atomic E-state index is -0.0349. The van der Waals surface area contributed by atoms with Gasteiger partial charge in [0, 0.05) is 24.1 Å². The van der Waals surface area contributed by atoms with Gasteiger partial charge in [0.25, 0.3) is 0 Å². The fourth-order valence-electron chi connectivity index (χ4n) is 4.48. The Morgan fingerprint density at radius 3 is 2.73 bits per heavy atom. The van der Waals surface area contributed by atoms with E-state index in [1.54, 1.807) is 12.5 Å². The van der Waals surface area contributed by atoms with Gasteiger partial charge in [-0.3, -0.25) is 4.79 Å². The molecule has 2 aromatic rings. The van der Waals surface area contributed by atoms with Crippen molar-refractivity contribution < 1.29 is 4.79 Å². The van der Waals surface area contributed by atoms with E-state index in [1.165, 1.54) is 6.42 Å². The molecule has 0 spiro atoms. The molecule has 26 heavy (non-hydrogen) atoms. The van der Waals surface area contributed by atoms with Gasteiger partial charge in [-0.15, -0.1) is 24.8 Å². The molecule has 0 radical (unpaired) electrons. The Morgan fingerprint density at radius 1 is 1.31 bits per heavy atom. The fraction of sp³-hybridized carbons (Fsp3) is 0.474. The van der Waals surface area contributed by atoms with E-state index >= 15 is 0 Å². The number of benzene rings is 1. The van der Waals surface area contributed by atoms with Crippen molar-refractivity contribution >= 4 is 30.7 Å². The maximum Gasteiger partial charge on any atom is 0.225 e. The Labute approximate surface area is 166 Å². The van der Waals surface area contributed by atoms with E-state index in [2.05, 4.69) is 16.4 Å². The number of imidazole rings is 1. The van der Waals surface area contributed by atoms with Gasteiger partial charge < -0.3 is 15.6 Å². The number of fused-ring (bicyclic) bond motifs is 2. The molecule has 1 aromatic carbocycles. The van der Waals surface area contributed by atoms with Gasteiger partial charge in [0.05, 0.1) is 18.3 Å². The van der Waals surface area contributed by atoms with Crippen LogP contribution in [-0.4, -0.2) is 21.5 Å². The lowest BCUT2D eigenvalue weighted by molar-refractivity contribution is -0.127. The number of carbonyl (C=O) groups excluding carboxylic acids is 1. The van der Waals surface area contributed by atoms with E-state index in [0.717, 1.165) is 24.1 Å². The van der Waals surface area contributed by atoms with E-state index in [9.17, 15) is 4.79 Å². The van der Waals surface area contributed by atoms with E-state index < -0.39 is 0 Å². The number of aromatic nitrogens is 2. The molecule has 2 bridgehead atoms. The Balaban J connectivity index is 0.00000121. The van der Waals surface area contributed by atoms with Crippen molar-refractivity contribution in [2.24, 2.45) is 23.5 Å². The van der Waals surface area contributed by atoms with Crippen molar-refractivity contribution in [3.8, 4) is 5.69 Å². The van der Waals surface area contributed by atoms with Crippen molar-refractivity contribution in [2.45, 2.75) is 38.3 Å². The molecule has 0 saturated heterocycles. The van der Waals surface area contributed by atoms with Crippen molar-refractivity contribution in [1.29, 1.82) is 0 Å². The first kappa shape index (κ1) is 20.7. The quantitative estimate of drug-likeness (QED) is 0.832. The Bertz CT molecular complexity index is 735. The van der Waals surface area contributed by atoms with Gasteiger partial charge in [-0.1, -0.05) is 12.1 Å². The van der Waals surface area contributed by atoms with E-state index in [-0.39, 0.29) is 48.7 Å². The summed E-state index contributed by atoms with van der Waals surface area (Å²) in [6, 6.07) is 8.18. The predicted molar refractivity (Wildman–Crippen MR) is 107 cm³/mol. The van der Waals surface area contributed by atoms with Crippen LogP contribution in [0.2, 0.25) is 0 Å². The Hall–Kier alpha value is -1.56. The van der Waals surface area contributed by atoms with Crippen LogP contribution in [0.1, 0.15) is 37.8 Å². The summed E-state index contributed by atoms with van der Waals surface area (Å²) in [5.41, 5.74) is 8.43. The SMILES string of the molecule is CC(NC(=O)C1C2CCC(C2)C1N)c1cccc(-n2ccnc2)c1.Cl.Cl. The summed E-state index contributed by atoms with van der Waals surface area (Å²) < 4.78 is 1.96. The number of halogens is 2. The third-order valence-corrected chi connectivity index (χ3v) is 5.81. The van der Waals surface area contributed by atoms with Gasteiger partial charge in [0.1, 0.15) is 0 Å². The van der Waals surface area contributed by atoms with Crippen LogP contribution in [-0.2, 0) is 4.79 Å². The minimum absolute atomic E-state index is 0. The third-order valence-electron chi connectivity index (χ3n) is 5.81. The van der Waals surface area contributed by atoms with Crippen LogP contribution in [0.15, 0.2) is 43.0 Å². The van der Waals surface area contributed by atoms with Gasteiger partial charge in [-0.2, -0.15) is 0 Å². The second kappa shape index (κ2) is 8.42. The normalized spacial score (nSPS) is 27.3. The molecule has 2 saturated carbocycles.